The summed E-state index contributed by atoms with van der Waals surface area (Å²) in [6.45, 7) is 0. The van der Waals surface area contributed by atoms with Crippen molar-refractivity contribution < 1.29 is 0 Å². The third-order valence-electron chi connectivity index (χ3n) is 11.7. The molecule has 2 heteroatoms. The van der Waals surface area contributed by atoms with Gasteiger partial charge in [-0.15, -0.1) is 0 Å². The van der Waals surface area contributed by atoms with Crippen molar-refractivity contribution in [3.63, 3.8) is 0 Å². The molecule has 10 rings (SSSR count). The van der Waals surface area contributed by atoms with E-state index in [1.165, 1.54) is 86.7 Å². The second kappa shape index (κ2) is 12.5. The first-order valence-corrected chi connectivity index (χ1v) is 18.5. The number of para-hydroxylation sites is 2. The summed E-state index contributed by atoms with van der Waals surface area (Å²) in [5.74, 6) is 2.56. The Morgan fingerprint density at radius 2 is 0.980 bits per heavy atom. The number of nitrogens with zero attached hydrogens (tertiary/aromatic N) is 2. The summed E-state index contributed by atoms with van der Waals surface area (Å²) in [7, 11) is 0. The molecule has 246 valence electrons. The Morgan fingerprint density at radius 3 is 1.63 bits per heavy atom. The van der Waals surface area contributed by atoms with Gasteiger partial charge in [-0.1, -0.05) is 116 Å². The van der Waals surface area contributed by atoms with Crippen molar-refractivity contribution in [3.8, 4) is 27.9 Å². The fraction of sp³-hybridized carbons (Fsp3) is 0.143. The number of hydrogen-bond acceptors (Lipinski definition) is 1. The van der Waals surface area contributed by atoms with E-state index in [4.69, 9.17) is 0 Å². The van der Waals surface area contributed by atoms with Crippen LogP contribution >= 0.6 is 0 Å². The van der Waals surface area contributed by atoms with Crippen LogP contribution in [0.15, 0.2) is 176 Å². The van der Waals surface area contributed by atoms with Crippen molar-refractivity contribution in [2.45, 2.75) is 31.6 Å². The second-order valence-corrected chi connectivity index (χ2v) is 14.6. The average molecular weight is 657 g/mol. The van der Waals surface area contributed by atoms with Gasteiger partial charge >= 0.3 is 0 Å². The molecule has 2 bridgehead atoms. The molecule has 0 radical (unpaired) electrons. The van der Waals surface area contributed by atoms with Gasteiger partial charge in [-0.3, -0.25) is 0 Å². The molecule has 2 aliphatic carbocycles. The van der Waals surface area contributed by atoms with Gasteiger partial charge in [0.25, 0.3) is 0 Å². The fourth-order valence-corrected chi connectivity index (χ4v) is 9.21. The molecule has 0 aliphatic heterocycles. The van der Waals surface area contributed by atoms with Crippen molar-refractivity contribution >= 4 is 38.9 Å². The Bertz CT molecular complexity index is 2460. The maximum Gasteiger partial charge on any atom is 0.0541 e. The minimum atomic E-state index is 0.731. The number of hydrogen-bond donors (Lipinski definition) is 0. The summed E-state index contributed by atoms with van der Waals surface area (Å²) < 4.78 is 2.38. The highest BCUT2D eigenvalue weighted by Crippen LogP contribution is 2.53. The maximum absolute atomic E-state index is 2.40. The van der Waals surface area contributed by atoms with E-state index in [1.807, 2.05) is 0 Å². The lowest BCUT2D eigenvalue weighted by molar-refractivity contribution is 0.420. The summed E-state index contributed by atoms with van der Waals surface area (Å²) in [6, 6.07) is 64.6. The number of fused-ring (bicyclic) bond motifs is 5. The third kappa shape index (κ3) is 5.34. The number of anilines is 3. The predicted molar refractivity (Wildman–Crippen MR) is 215 cm³/mol. The summed E-state index contributed by atoms with van der Waals surface area (Å²) >= 11 is 0. The molecule has 1 heterocycles. The quantitative estimate of drug-likeness (QED) is 0.166. The van der Waals surface area contributed by atoms with Gasteiger partial charge in [0.2, 0.25) is 0 Å². The van der Waals surface area contributed by atoms with E-state index < -0.39 is 0 Å². The first kappa shape index (κ1) is 30.0. The fourth-order valence-electron chi connectivity index (χ4n) is 9.21. The van der Waals surface area contributed by atoms with Crippen LogP contribution in [0.1, 0.15) is 37.2 Å². The lowest BCUT2D eigenvalue weighted by Crippen LogP contribution is -2.11. The first-order valence-electron chi connectivity index (χ1n) is 18.5. The largest absolute Gasteiger partial charge is 0.311 e. The summed E-state index contributed by atoms with van der Waals surface area (Å²) in [5, 5.41) is 2.54. The summed E-state index contributed by atoms with van der Waals surface area (Å²) in [6.07, 6.45) is 5.65. The van der Waals surface area contributed by atoms with Crippen molar-refractivity contribution in [2.24, 2.45) is 11.8 Å². The Morgan fingerprint density at radius 1 is 0.431 bits per heavy atom. The number of rotatable bonds is 7. The summed E-state index contributed by atoms with van der Waals surface area (Å²) in [4.78, 5) is 2.40. The molecule has 0 N–H and O–H groups in total. The van der Waals surface area contributed by atoms with Gasteiger partial charge in [-0.2, -0.15) is 0 Å². The van der Waals surface area contributed by atoms with E-state index in [9.17, 15) is 0 Å². The minimum absolute atomic E-state index is 0.731. The molecule has 0 amide bonds. The van der Waals surface area contributed by atoms with E-state index in [0.717, 1.165) is 29.1 Å². The van der Waals surface area contributed by atoms with Crippen LogP contribution in [0.4, 0.5) is 17.1 Å². The Kier molecular flexibility index (Phi) is 7.34. The highest BCUT2D eigenvalue weighted by Gasteiger charge is 2.40. The molecular weight excluding hydrogens is 617 g/mol. The smallest absolute Gasteiger partial charge is 0.0541 e. The minimum Gasteiger partial charge on any atom is -0.311 e. The van der Waals surface area contributed by atoms with Gasteiger partial charge in [-0.05, 0) is 132 Å². The molecule has 2 fully saturated rings. The maximum atomic E-state index is 2.40. The lowest BCUT2D eigenvalue weighted by atomic mass is 9.83. The third-order valence-corrected chi connectivity index (χ3v) is 11.7. The highest BCUT2D eigenvalue weighted by atomic mass is 15.1. The molecule has 8 aromatic rings. The van der Waals surface area contributed by atoms with Crippen LogP contribution in [0.25, 0.3) is 49.7 Å². The van der Waals surface area contributed by atoms with Crippen LogP contribution in [0.2, 0.25) is 0 Å². The Hall–Kier alpha value is -5.86. The van der Waals surface area contributed by atoms with Crippen LogP contribution in [-0.4, -0.2) is 4.57 Å². The van der Waals surface area contributed by atoms with Crippen LogP contribution < -0.4 is 4.90 Å². The average Bonchev–Trinajstić information content (AvgIpc) is 3.93. The van der Waals surface area contributed by atoms with Gasteiger partial charge in [0, 0.05) is 33.5 Å². The van der Waals surface area contributed by atoms with Crippen LogP contribution in [-0.2, 0) is 0 Å². The Balaban J connectivity index is 1.02. The molecule has 3 atom stereocenters. The van der Waals surface area contributed by atoms with Gasteiger partial charge in [0.1, 0.15) is 0 Å². The predicted octanol–water partition coefficient (Wildman–Crippen LogP) is 13.5. The highest BCUT2D eigenvalue weighted by molar-refractivity contribution is 6.10. The van der Waals surface area contributed by atoms with Gasteiger partial charge in [0.15, 0.2) is 0 Å². The lowest BCUT2D eigenvalue weighted by Gasteiger charge is -2.27. The molecule has 2 nitrogen and oxygen atoms in total. The van der Waals surface area contributed by atoms with Crippen LogP contribution in [0, 0.1) is 11.8 Å². The zero-order valence-corrected chi connectivity index (χ0v) is 28.7. The molecule has 1 aromatic heterocycles. The molecule has 2 saturated carbocycles. The van der Waals surface area contributed by atoms with Crippen molar-refractivity contribution in [1.29, 1.82) is 0 Å². The topological polar surface area (TPSA) is 8.17 Å². The zero-order valence-electron chi connectivity index (χ0n) is 28.7. The monoisotopic (exact) mass is 656 g/mol. The molecule has 7 aromatic carbocycles. The van der Waals surface area contributed by atoms with E-state index in [0.29, 0.717) is 0 Å². The molecular formula is C49H40N2. The second-order valence-electron chi connectivity index (χ2n) is 14.6. The number of aromatic nitrogens is 1. The van der Waals surface area contributed by atoms with Crippen LogP contribution in [0.5, 0.6) is 0 Å². The van der Waals surface area contributed by atoms with E-state index in [2.05, 4.69) is 185 Å². The van der Waals surface area contributed by atoms with E-state index in [1.54, 1.807) is 0 Å². The summed E-state index contributed by atoms with van der Waals surface area (Å²) in [5.41, 5.74) is 13.5. The number of benzene rings is 7. The van der Waals surface area contributed by atoms with E-state index >= 15 is 0 Å². The van der Waals surface area contributed by atoms with Crippen molar-refractivity contribution in [2.75, 3.05) is 4.90 Å². The van der Waals surface area contributed by atoms with E-state index in [-0.39, 0.29) is 0 Å². The SMILES string of the molecule is c1ccc(-c2ccc(N(c3ccc(-c4ccc5c(c4)c4ccccc4n5-c4ccccc4)cc3)c3ccc(C4CC5CCC4C5)cc3)cc2)cc1. The van der Waals surface area contributed by atoms with Gasteiger partial charge < -0.3 is 9.47 Å². The first-order chi connectivity index (χ1) is 25.3. The molecule has 3 unspecified atom stereocenters. The van der Waals surface area contributed by atoms with Gasteiger partial charge in [0.05, 0.1) is 11.0 Å². The molecule has 2 aliphatic rings. The normalized spacial score (nSPS) is 18.1. The Labute approximate surface area is 300 Å². The molecule has 0 spiro atoms. The molecule has 0 saturated heterocycles. The standard InChI is InChI=1S/C49H40N2/c1-3-9-35(10-4-1)36-17-24-42(25-18-36)50(44-28-21-38(22-29-44)46-32-34-15-16-40(46)31-34)43-26-19-37(20-27-43)39-23-30-49-47(33-39)45-13-7-8-14-48(45)51(49)41-11-5-2-6-12-41/h1-14,17-30,33-34,40,46H,15-16,31-32H2. The van der Waals surface area contributed by atoms with Crippen LogP contribution in [0.3, 0.4) is 0 Å². The van der Waals surface area contributed by atoms with Crippen molar-refractivity contribution in [3.05, 3.63) is 181 Å². The molecule has 51 heavy (non-hydrogen) atoms. The zero-order chi connectivity index (χ0) is 33.7. The van der Waals surface area contributed by atoms with Crippen molar-refractivity contribution in [1.82, 2.24) is 4.57 Å². The van der Waals surface area contributed by atoms with Gasteiger partial charge in [-0.25, -0.2) is 0 Å².